The number of hydrogen-bond acceptors (Lipinski definition) is 2. The number of Topliss-reactive ketones (excluding diaryl/α,β-unsaturated/α-hetero) is 1. The molecule has 2 aliphatic rings. The molecule has 2 heteroatoms. The highest BCUT2D eigenvalue weighted by molar-refractivity contribution is 5.82. The average molecular weight is 238 g/mol. The van der Waals surface area contributed by atoms with E-state index in [0.717, 1.165) is 12.8 Å². The Hall–Kier alpha value is -0.370. The van der Waals surface area contributed by atoms with Gasteiger partial charge in [-0.2, -0.15) is 0 Å². The zero-order valence-electron chi connectivity index (χ0n) is 11.7. The van der Waals surface area contributed by atoms with Crippen molar-refractivity contribution in [1.82, 2.24) is 0 Å². The minimum absolute atomic E-state index is 0.0955. The Kier molecular flexibility index (Phi) is 3.37. The molecule has 2 fully saturated rings. The molecule has 1 heterocycles. The van der Waals surface area contributed by atoms with Gasteiger partial charge in [0, 0.05) is 12.3 Å². The Bertz CT molecular complexity index is 298. The lowest BCUT2D eigenvalue weighted by molar-refractivity contribution is -0.130. The molecule has 0 amide bonds. The van der Waals surface area contributed by atoms with Crippen LogP contribution in [0.25, 0.3) is 0 Å². The Balaban J connectivity index is 1.99. The van der Waals surface area contributed by atoms with Crippen molar-refractivity contribution in [3.63, 3.8) is 0 Å². The molecule has 1 atom stereocenters. The lowest BCUT2D eigenvalue weighted by atomic mass is 9.81. The van der Waals surface area contributed by atoms with Crippen LogP contribution in [0.15, 0.2) is 0 Å². The maximum Gasteiger partial charge on any atom is 0.139 e. The number of carbonyl (C=O) groups excluding carboxylic acids is 1. The summed E-state index contributed by atoms with van der Waals surface area (Å²) >= 11 is 0. The van der Waals surface area contributed by atoms with Crippen LogP contribution in [0.1, 0.15) is 66.2 Å². The Morgan fingerprint density at radius 1 is 1.18 bits per heavy atom. The topological polar surface area (TPSA) is 26.3 Å². The van der Waals surface area contributed by atoms with Crippen molar-refractivity contribution in [3.8, 4) is 0 Å². The highest BCUT2D eigenvalue weighted by Crippen LogP contribution is 2.43. The predicted molar refractivity (Wildman–Crippen MR) is 68.9 cm³/mol. The second-order valence-corrected chi connectivity index (χ2v) is 7.04. The van der Waals surface area contributed by atoms with Crippen LogP contribution in [-0.4, -0.2) is 17.0 Å². The summed E-state index contributed by atoms with van der Waals surface area (Å²) in [6, 6.07) is 0. The zero-order valence-corrected chi connectivity index (χ0v) is 11.7. The number of ether oxygens (including phenoxy) is 1. The summed E-state index contributed by atoms with van der Waals surface area (Å²) in [5.41, 5.74) is -0.418. The minimum Gasteiger partial charge on any atom is -0.369 e. The quantitative estimate of drug-likeness (QED) is 0.749. The van der Waals surface area contributed by atoms with Gasteiger partial charge in [-0.15, -0.1) is 0 Å². The van der Waals surface area contributed by atoms with Crippen molar-refractivity contribution >= 4 is 5.78 Å². The van der Waals surface area contributed by atoms with Gasteiger partial charge in [-0.25, -0.2) is 0 Å². The van der Waals surface area contributed by atoms with E-state index in [9.17, 15) is 4.79 Å². The van der Waals surface area contributed by atoms with E-state index in [-0.39, 0.29) is 17.1 Å². The first kappa shape index (κ1) is 13.1. The van der Waals surface area contributed by atoms with E-state index in [1.807, 2.05) is 0 Å². The normalized spacial score (nSPS) is 31.9. The van der Waals surface area contributed by atoms with Crippen LogP contribution in [0.4, 0.5) is 0 Å². The third-order valence-electron chi connectivity index (χ3n) is 4.43. The molecule has 2 nitrogen and oxygen atoms in total. The molecule has 0 radical (unpaired) electrons. The van der Waals surface area contributed by atoms with Gasteiger partial charge < -0.3 is 4.74 Å². The molecular formula is C15H26O2. The first-order chi connectivity index (χ1) is 7.80. The number of rotatable bonds is 3. The number of ketones is 1. The van der Waals surface area contributed by atoms with Crippen LogP contribution < -0.4 is 0 Å². The Morgan fingerprint density at radius 3 is 2.24 bits per heavy atom. The fourth-order valence-electron chi connectivity index (χ4n) is 3.71. The Morgan fingerprint density at radius 2 is 1.76 bits per heavy atom. The third kappa shape index (κ3) is 2.90. The molecule has 1 aliphatic carbocycles. The summed E-state index contributed by atoms with van der Waals surface area (Å²) in [7, 11) is 0. The monoisotopic (exact) mass is 238 g/mol. The van der Waals surface area contributed by atoms with E-state index in [1.165, 1.54) is 25.7 Å². The zero-order chi connectivity index (χ0) is 12.7. The molecule has 0 aromatic rings. The molecule has 0 aromatic heterocycles. The minimum atomic E-state index is -0.279. The lowest BCUT2D eigenvalue weighted by Gasteiger charge is -2.27. The third-order valence-corrected chi connectivity index (χ3v) is 4.43. The number of carbonyl (C=O) groups is 1. The molecule has 1 saturated heterocycles. The number of hydrogen-bond donors (Lipinski definition) is 0. The summed E-state index contributed by atoms with van der Waals surface area (Å²) < 4.78 is 6.01. The van der Waals surface area contributed by atoms with Crippen molar-refractivity contribution in [2.45, 2.75) is 77.4 Å². The Labute approximate surface area is 105 Å². The second kappa shape index (κ2) is 4.38. The summed E-state index contributed by atoms with van der Waals surface area (Å²) in [6.07, 6.45) is 6.80. The first-order valence-electron chi connectivity index (χ1n) is 7.03. The van der Waals surface area contributed by atoms with E-state index in [1.54, 1.807) is 0 Å². The van der Waals surface area contributed by atoms with Gasteiger partial charge in [0.1, 0.15) is 5.78 Å². The van der Waals surface area contributed by atoms with Gasteiger partial charge in [0.05, 0.1) is 11.2 Å². The van der Waals surface area contributed by atoms with Gasteiger partial charge in [-0.05, 0) is 40.0 Å². The van der Waals surface area contributed by atoms with Crippen molar-refractivity contribution in [1.29, 1.82) is 0 Å². The smallest absolute Gasteiger partial charge is 0.139 e. The molecule has 1 saturated carbocycles. The van der Waals surface area contributed by atoms with Gasteiger partial charge >= 0.3 is 0 Å². The van der Waals surface area contributed by atoms with Crippen LogP contribution >= 0.6 is 0 Å². The summed E-state index contributed by atoms with van der Waals surface area (Å²) in [5.74, 6) is 1.19. The molecule has 17 heavy (non-hydrogen) atoms. The van der Waals surface area contributed by atoms with Gasteiger partial charge in [0.2, 0.25) is 0 Å². The van der Waals surface area contributed by atoms with E-state index >= 15 is 0 Å². The fourth-order valence-corrected chi connectivity index (χ4v) is 3.71. The molecule has 0 bridgehead atoms. The molecule has 0 N–H and O–H groups in total. The molecule has 0 spiro atoms. The maximum absolute atomic E-state index is 12.4. The van der Waals surface area contributed by atoms with Crippen LogP contribution in [0.3, 0.4) is 0 Å². The summed E-state index contributed by atoms with van der Waals surface area (Å²) in [4.78, 5) is 12.4. The second-order valence-electron chi connectivity index (χ2n) is 7.04. The van der Waals surface area contributed by atoms with Crippen LogP contribution in [-0.2, 0) is 9.53 Å². The van der Waals surface area contributed by atoms with Gasteiger partial charge in [0.15, 0.2) is 0 Å². The van der Waals surface area contributed by atoms with Crippen LogP contribution in [0.2, 0.25) is 0 Å². The predicted octanol–water partition coefficient (Wildman–Crippen LogP) is 3.73. The largest absolute Gasteiger partial charge is 0.369 e. The molecule has 2 rings (SSSR count). The summed E-state index contributed by atoms with van der Waals surface area (Å²) in [6.45, 7) is 8.33. The molecule has 1 aliphatic heterocycles. The fraction of sp³-hybridized carbons (Fsp3) is 0.933. The van der Waals surface area contributed by atoms with E-state index < -0.39 is 0 Å². The average Bonchev–Trinajstić information content (AvgIpc) is 2.71. The van der Waals surface area contributed by atoms with Crippen molar-refractivity contribution in [3.05, 3.63) is 0 Å². The molecular weight excluding hydrogens is 212 g/mol. The van der Waals surface area contributed by atoms with E-state index in [2.05, 4.69) is 27.7 Å². The maximum atomic E-state index is 12.4. The lowest BCUT2D eigenvalue weighted by Crippen LogP contribution is -2.34. The van der Waals surface area contributed by atoms with Crippen LogP contribution in [0.5, 0.6) is 0 Å². The molecule has 1 unspecified atom stereocenters. The van der Waals surface area contributed by atoms with Gasteiger partial charge in [0.25, 0.3) is 0 Å². The summed E-state index contributed by atoms with van der Waals surface area (Å²) in [5, 5.41) is 0. The van der Waals surface area contributed by atoms with Crippen molar-refractivity contribution < 1.29 is 9.53 Å². The molecule has 98 valence electrons. The van der Waals surface area contributed by atoms with Crippen LogP contribution in [0, 0.1) is 11.8 Å². The van der Waals surface area contributed by atoms with Gasteiger partial charge in [-0.1, -0.05) is 25.7 Å². The van der Waals surface area contributed by atoms with Crippen molar-refractivity contribution in [2.75, 3.05) is 0 Å². The SMILES string of the molecule is CC1(C)CC(C(=O)CC2CCCC2)C(C)(C)O1. The standard InChI is InChI=1S/C15H26O2/c1-14(2)10-12(15(3,4)17-14)13(16)9-11-7-5-6-8-11/h11-12H,5-10H2,1-4H3. The van der Waals surface area contributed by atoms with Gasteiger partial charge in [-0.3, -0.25) is 4.79 Å². The first-order valence-corrected chi connectivity index (χ1v) is 7.03. The highest BCUT2D eigenvalue weighted by atomic mass is 16.5. The van der Waals surface area contributed by atoms with Crippen molar-refractivity contribution in [2.24, 2.45) is 11.8 Å². The highest BCUT2D eigenvalue weighted by Gasteiger charge is 2.49. The molecule has 0 aromatic carbocycles. The van der Waals surface area contributed by atoms with E-state index in [0.29, 0.717) is 11.7 Å². The van der Waals surface area contributed by atoms with E-state index in [4.69, 9.17) is 4.74 Å².